The topological polar surface area (TPSA) is 168 Å². The monoisotopic (exact) mass is 808 g/mol. The van der Waals surface area contributed by atoms with Crippen LogP contribution in [0.5, 0.6) is 0 Å². The Labute approximate surface area is 335 Å². The van der Waals surface area contributed by atoms with Gasteiger partial charge in [-0.1, -0.05) is 18.6 Å². The third-order valence-corrected chi connectivity index (χ3v) is 14.5. The van der Waals surface area contributed by atoms with Crippen molar-refractivity contribution in [2.24, 2.45) is 23.2 Å². The molecule has 322 valence electrons. The molecule has 0 aromatic carbocycles. The van der Waals surface area contributed by atoms with Crippen molar-refractivity contribution in [1.82, 2.24) is 0 Å². The van der Waals surface area contributed by atoms with Gasteiger partial charge in [-0.15, -0.1) is 0 Å². The number of hydrogen-bond donors (Lipinski definition) is 2. The lowest BCUT2D eigenvalue weighted by Gasteiger charge is -2.52. The molecule has 8 rings (SSSR count). The SMILES string of the molecule is CO[C@H]1C[C@H](O[C@@H]2[C@@H](C)O[C@@H](O[C@@H]3CC4=CC[C@H]5C(=O)O[C@@H]6CO[C@]7(C)OC=C(CC[C@@H]5[C@@]4(C)C[C@H]3O)[C@H]67)C[C@H]2OC)O[C@H](C)[C@H]1O[C@H]1C[C@@H](OC)[C@@H](O)[C@H](C)O1. The fourth-order valence-electron chi connectivity index (χ4n) is 11.3. The van der Waals surface area contributed by atoms with E-state index >= 15 is 0 Å². The summed E-state index contributed by atoms with van der Waals surface area (Å²) in [6.45, 7) is 10.1. The zero-order chi connectivity index (χ0) is 40.4. The van der Waals surface area contributed by atoms with E-state index in [1.807, 2.05) is 27.0 Å². The van der Waals surface area contributed by atoms with Crippen LogP contribution in [0.25, 0.3) is 0 Å². The number of hydrogen-bond acceptors (Lipinski definition) is 15. The number of esters is 1. The minimum atomic E-state index is -0.790. The van der Waals surface area contributed by atoms with Crippen LogP contribution in [-0.4, -0.2) is 142 Å². The van der Waals surface area contributed by atoms with Crippen LogP contribution in [0.2, 0.25) is 0 Å². The molecule has 6 fully saturated rings. The van der Waals surface area contributed by atoms with Crippen LogP contribution in [0, 0.1) is 23.2 Å². The third-order valence-electron chi connectivity index (χ3n) is 14.5. The van der Waals surface area contributed by atoms with Crippen molar-refractivity contribution in [3.63, 3.8) is 0 Å². The van der Waals surface area contributed by atoms with Gasteiger partial charge < -0.3 is 67.1 Å². The molecule has 1 saturated carbocycles. The number of aliphatic hydroxyl groups excluding tert-OH is 2. The predicted octanol–water partition coefficient (Wildman–Crippen LogP) is 3.66. The maximum absolute atomic E-state index is 13.7. The number of rotatable bonds is 9. The van der Waals surface area contributed by atoms with E-state index in [1.54, 1.807) is 28.3 Å². The van der Waals surface area contributed by atoms with Crippen LogP contribution in [0.4, 0.5) is 0 Å². The Morgan fingerprint density at radius 3 is 2.02 bits per heavy atom. The van der Waals surface area contributed by atoms with Gasteiger partial charge in [-0.2, -0.15) is 0 Å². The van der Waals surface area contributed by atoms with Gasteiger partial charge >= 0.3 is 5.97 Å². The Balaban J connectivity index is 0.876. The highest BCUT2D eigenvalue weighted by Crippen LogP contribution is 2.57. The first-order chi connectivity index (χ1) is 27.2. The van der Waals surface area contributed by atoms with Gasteiger partial charge in [-0.25, -0.2) is 0 Å². The molecule has 0 aromatic rings. The quantitative estimate of drug-likeness (QED) is 0.256. The molecule has 0 aromatic heterocycles. The highest BCUT2D eigenvalue weighted by Gasteiger charge is 2.59. The van der Waals surface area contributed by atoms with Crippen LogP contribution in [0.15, 0.2) is 23.5 Å². The molecule has 15 heteroatoms. The smallest absolute Gasteiger partial charge is 0.309 e. The zero-order valence-corrected chi connectivity index (χ0v) is 34.6. The summed E-state index contributed by atoms with van der Waals surface area (Å²) in [6, 6.07) is 0. The van der Waals surface area contributed by atoms with Crippen molar-refractivity contribution in [1.29, 1.82) is 0 Å². The second kappa shape index (κ2) is 16.6. The number of allylic oxidation sites excluding steroid dienone is 1. The normalized spacial score (nSPS) is 51.2. The average Bonchev–Trinajstić information content (AvgIpc) is 3.69. The van der Waals surface area contributed by atoms with Gasteiger partial charge in [0.25, 0.3) is 0 Å². The van der Waals surface area contributed by atoms with Gasteiger partial charge in [-0.3, -0.25) is 4.79 Å². The van der Waals surface area contributed by atoms with E-state index in [0.717, 1.165) is 18.4 Å². The molecule has 2 aliphatic carbocycles. The Hall–Kier alpha value is -1.73. The molecule has 6 aliphatic heterocycles. The lowest BCUT2D eigenvalue weighted by atomic mass is 9.55. The van der Waals surface area contributed by atoms with Crippen molar-refractivity contribution >= 4 is 5.97 Å². The number of fused-ring (bicyclic) bond motifs is 3. The van der Waals surface area contributed by atoms with Crippen LogP contribution in [0.1, 0.15) is 86.0 Å². The summed E-state index contributed by atoms with van der Waals surface area (Å²) >= 11 is 0. The first kappa shape index (κ1) is 42.0. The van der Waals surface area contributed by atoms with Crippen molar-refractivity contribution in [2.75, 3.05) is 27.9 Å². The van der Waals surface area contributed by atoms with E-state index in [4.69, 9.17) is 56.8 Å². The van der Waals surface area contributed by atoms with Crippen molar-refractivity contribution in [3.05, 3.63) is 23.5 Å². The minimum Gasteiger partial charge on any atom is -0.469 e. The fourth-order valence-corrected chi connectivity index (χ4v) is 11.3. The van der Waals surface area contributed by atoms with Crippen molar-refractivity contribution in [3.8, 4) is 0 Å². The van der Waals surface area contributed by atoms with E-state index in [0.29, 0.717) is 45.1 Å². The fraction of sp³-hybridized carbons (Fsp3) is 0.881. The summed E-state index contributed by atoms with van der Waals surface area (Å²) in [5.74, 6) is -1.37. The van der Waals surface area contributed by atoms with Gasteiger partial charge in [0.15, 0.2) is 18.9 Å². The maximum atomic E-state index is 13.7. The summed E-state index contributed by atoms with van der Waals surface area (Å²) < 4.78 is 73.7. The molecule has 0 radical (unpaired) electrons. The molecule has 57 heavy (non-hydrogen) atoms. The summed E-state index contributed by atoms with van der Waals surface area (Å²) in [7, 11) is 4.86. The molecule has 2 N–H and O–H groups in total. The van der Waals surface area contributed by atoms with Crippen LogP contribution in [-0.2, 0) is 61.6 Å². The molecule has 0 unspecified atom stereocenters. The maximum Gasteiger partial charge on any atom is 0.309 e. The molecule has 0 spiro atoms. The number of ether oxygens (including phenoxy) is 12. The molecule has 8 aliphatic rings. The number of aliphatic hydroxyl groups is 2. The Kier molecular flexibility index (Phi) is 12.2. The van der Waals surface area contributed by atoms with E-state index in [-0.39, 0.29) is 42.0 Å². The van der Waals surface area contributed by atoms with E-state index in [9.17, 15) is 15.0 Å². The summed E-state index contributed by atoms with van der Waals surface area (Å²) in [5.41, 5.74) is 1.95. The van der Waals surface area contributed by atoms with Gasteiger partial charge in [0.1, 0.15) is 24.4 Å². The van der Waals surface area contributed by atoms with Gasteiger partial charge in [0.05, 0.1) is 73.5 Å². The first-order valence-electron chi connectivity index (χ1n) is 21.0. The highest BCUT2D eigenvalue weighted by molar-refractivity contribution is 5.74. The lowest BCUT2D eigenvalue weighted by Crippen LogP contribution is -2.57. The molecule has 0 amide bonds. The predicted molar refractivity (Wildman–Crippen MR) is 199 cm³/mol. The second-order valence-electron chi connectivity index (χ2n) is 17.9. The third kappa shape index (κ3) is 7.87. The molecule has 6 heterocycles. The Morgan fingerprint density at radius 2 is 1.39 bits per heavy atom. The number of carbonyl (C=O) groups is 1. The summed E-state index contributed by atoms with van der Waals surface area (Å²) in [5, 5.41) is 22.1. The number of methoxy groups -OCH3 is 3. The molecule has 0 bridgehead atoms. The highest BCUT2D eigenvalue weighted by atomic mass is 16.8. The average molecular weight is 809 g/mol. The second-order valence-corrected chi connectivity index (χ2v) is 17.9. The van der Waals surface area contributed by atoms with Crippen LogP contribution >= 0.6 is 0 Å². The van der Waals surface area contributed by atoms with Crippen LogP contribution in [0.3, 0.4) is 0 Å². The molecular formula is C42H64O15. The lowest BCUT2D eigenvalue weighted by molar-refractivity contribution is -0.339. The molecular weight excluding hydrogens is 744 g/mol. The first-order valence-corrected chi connectivity index (χ1v) is 21.0. The van der Waals surface area contributed by atoms with Crippen molar-refractivity contribution < 1.29 is 71.8 Å². The van der Waals surface area contributed by atoms with E-state index < -0.39 is 85.0 Å². The molecule has 20 atom stereocenters. The van der Waals surface area contributed by atoms with Gasteiger partial charge in [0, 0.05) is 47.5 Å². The zero-order valence-electron chi connectivity index (χ0n) is 34.6. The van der Waals surface area contributed by atoms with E-state index in [1.165, 1.54) is 5.57 Å². The Bertz CT molecular complexity index is 1510. The van der Waals surface area contributed by atoms with Gasteiger partial charge in [-0.05, 0) is 69.8 Å². The van der Waals surface area contributed by atoms with E-state index in [2.05, 4.69) is 13.0 Å². The Morgan fingerprint density at radius 1 is 0.789 bits per heavy atom. The summed E-state index contributed by atoms with van der Waals surface area (Å²) in [4.78, 5) is 13.7. The van der Waals surface area contributed by atoms with Gasteiger partial charge in [0.2, 0.25) is 5.79 Å². The molecule has 5 saturated heterocycles. The molecule has 15 nitrogen and oxygen atoms in total. The standard InChI is InChI=1S/C42H64O15/c1-20-37(44)29(46-6)14-34(51-20)56-39-22(3)53-35(16-31(39)48-8)57-38-21(2)52-33(15-30(38)47-7)54-28-13-24-10-11-25-26(41(24,4)17-27(28)43)12-9-23-18-49-42(5)36(23)32(19-50-42)55-40(25)45/h10,18,20-22,25-39,43-44H,9,11-17,19H2,1-8H3/t20-,21+,22+,25+,26-,27+,28+,29+,30+,31-,32+,33-,34-,35-,36+,37-,38+,39+,41-,42-/m0/s1. The van der Waals surface area contributed by atoms with Crippen molar-refractivity contribution in [2.45, 2.75) is 184 Å². The summed E-state index contributed by atoms with van der Waals surface area (Å²) in [6.07, 6.45) is 0.929. The minimum absolute atomic E-state index is 0.000401. The largest absolute Gasteiger partial charge is 0.469 e. The van der Waals surface area contributed by atoms with Crippen LogP contribution < -0.4 is 0 Å². The number of carbonyl (C=O) groups excluding carboxylic acids is 1.